The van der Waals surface area contributed by atoms with Crippen LogP contribution in [0.4, 0.5) is 5.69 Å². The monoisotopic (exact) mass is 251 g/mol. The second-order valence-corrected chi connectivity index (χ2v) is 3.54. The largest absolute Gasteiger partial charge is 0.422 e. The molecular formula is C10H13N5O3. The molecule has 96 valence electrons. The molecule has 1 atom stereocenters. The molecule has 1 heterocycles. The Morgan fingerprint density at radius 2 is 2.11 bits per heavy atom. The molecule has 0 aliphatic carbocycles. The molecule has 0 saturated carbocycles. The van der Waals surface area contributed by atoms with Gasteiger partial charge in [-0.2, -0.15) is 5.21 Å². The van der Waals surface area contributed by atoms with Crippen molar-refractivity contribution in [2.45, 2.75) is 6.10 Å². The van der Waals surface area contributed by atoms with Gasteiger partial charge in [-0.25, -0.2) is 0 Å². The summed E-state index contributed by atoms with van der Waals surface area (Å²) in [6.45, 7) is 0.00751. The number of aliphatic hydroxyl groups is 2. The average molecular weight is 251 g/mol. The van der Waals surface area contributed by atoms with E-state index >= 15 is 0 Å². The van der Waals surface area contributed by atoms with Crippen LogP contribution >= 0.6 is 0 Å². The summed E-state index contributed by atoms with van der Waals surface area (Å²) in [5.74, 6) is 0.574. The molecule has 4 N–H and O–H groups in total. The van der Waals surface area contributed by atoms with E-state index in [2.05, 4.69) is 25.9 Å². The maximum atomic E-state index is 9.18. The fraction of sp³-hybridized carbons (Fsp3) is 0.300. The molecule has 1 unspecified atom stereocenters. The molecular weight excluding hydrogens is 238 g/mol. The summed E-state index contributed by atoms with van der Waals surface area (Å²) in [5, 5.41) is 33.8. The lowest BCUT2D eigenvalue weighted by Crippen LogP contribution is -2.22. The van der Waals surface area contributed by atoms with Crippen molar-refractivity contribution < 1.29 is 14.9 Å². The maximum absolute atomic E-state index is 9.18. The number of ether oxygens (including phenoxy) is 1. The fourth-order valence-corrected chi connectivity index (χ4v) is 1.24. The second-order valence-electron chi connectivity index (χ2n) is 3.54. The zero-order chi connectivity index (χ0) is 12.8. The van der Waals surface area contributed by atoms with Crippen LogP contribution in [0.5, 0.6) is 11.8 Å². The van der Waals surface area contributed by atoms with E-state index in [0.717, 1.165) is 5.69 Å². The van der Waals surface area contributed by atoms with E-state index in [9.17, 15) is 5.11 Å². The van der Waals surface area contributed by atoms with Crippen molar-refractivity contribution in [3.05, 3.63) is 24.3 Å². The van der Waals surface area contributed by atoms with Crippen molar-refractivity contribution in [2.75, 3.05) is 18.5 Å². The number of rotatable bonds is 6. The zero-order valence-corrected chi connectivity index (χ0v) is 9.45. The van der Waals surface area contributed by atoms with Gasteiger partial charge in [0.1, 0.15) is 5.75 Å². The molecule has 0 spiro atoms. The van der Waals surface area contributed by atoms with Crippen LogP contribution in [0.25, 0.3) is 0 Å². The molecule has 2 rings (SSSR count). The topological polar surface area (TPSA) is 116 Å². The van der Waals surface area contributed by atoms with E-state index in [1.165, 1.54) is 0 Å². The van der Waals surface area contributed by atoms with Gasteiger partial charge in [-0.1, -0.05) is 10.2 Å². The van der Waals surface area contributed by atoms with E-state index in [1.54, 1.807) is 24.3 Å². The first-order chi connectivity index (χ1) is 8.78. The summed E-state index contributed by atoms with van der Waals surface area (Å²) in [6.07, 6.45) is -0.778. The molecule has 2 aromatic rings. The molecule has 8 heteroatoms. The summed E-state index contributed by atoms with van der Waals surface area (Å²) in [4.78, 5) is 0. The average Bonchev–Trinajstić information content (AvgIpc) is 2.90. The lowest BCUT2D eigenvalue weighted by atomic mass is 10.3. The van der Waals surface area contributed by atoms with Gasteiger partial charge in [-0.05, 0) is 29.5 Å². The molecule has 1 aromatic heterocycles. The minimum atomic E-state index is -0.778. The lowest BCUT2D eigenvalue weighted by molar-refractivity contribution is 0.105. The van der Waals surface area contributed by atoms with Crippen molar-refractivity contribution in [1.82, 2.24) is 20.6 Å². The van der Waals surface area contributed by atoms with Crippen LogP contribution in [0.1, 0.15) is 0 Å². The predicted molar refractivity (Wildman–Crippen MR) is 62.3 cm³/mol. The van der Waals surface area contributed by atoms with Crippen LogP contribution in [0.3, 0.4) is 0 Å². The number of anilines is 1. The fourth-order valence-electron chi connectivity index (χ4n) is 1.24. The van der Waals surface area contributed by atoms with Gasteiger partial charge >= 0.3 is 6.01 Å². The van der Waals surface area contributed by atoms with Gasteiger partial charge in [0.05, 0.1) is 12.7 Å². The number of aliphatic hydroxyl groups excluding tert-OH is 2. The maximum Gasteiger partial charge on any atom is 0.361 e. The van der Waals surface area contributed by atoms with Gasteiger partial charge in [0.25, 0.3) is 0 Å². The predicted octanol–water partition coefficient (Wildman–Crippen LogP) is -0.243. The van der Waals surface area contributed by atoms with Crippen molar-refractivity contribution in [3.63, 3.8) is 0 Å². The number of hydrogen-bond acceptors (Lipinski definition) is 7. The molecule has 1 aromatic carbocycles. The summed E-state index contributed by atoms with van der Waals surface area (Å²) >= 11 is 0. The quantitative estimate of drug-likeness (QED) is 0.559. The highest BCUT2D eigenvalue weighted by Crippen LogP contribution is 2.19. The van der Waals surface area contributed by atoms with Crippen molar-refractivity contribution in [2.24, 2.45) is 0 Å². The highest BCUT2D eigenvalue weighted by Gasteiger charge is 2.03. The van der Waals surface area contributed by atoms with E-state index in [0.29, 0.717) is 5.75 Å². The first-order valence-electron chi connectivity index (χ1n) is 5.32. The highest BCUT2D eigenvalue weighted by molar-refractivity contribution is 5.46. The first-order valence-corrected chi connectivity index (χ1v) is 5.32. The Morgan fingerprint density at radius 1 is 1.33 bits per heavy atom. The van der Waals surface area contributed by atoms with Gasteiger partial charge in [0, 0.05) is 12.2 Å². The third kappa shape index (κ3) is 3.40. The Balaban J connectivity index is 1.89. The van der Waals surface area contributed by atoms with Gasteiger partial charge in [0.15, 0.2) is 0 Å². The van der Waals surface area contributed by atoms with E-state index in [4.69, 9.17) is 9.84 Å². The first kappa shape index (κ1) is 12.3. The van der Waals surface area contributed by atoms with Crippen molar-refractivity contribution in [1.29, 1.82) is 0 Å². The van der Waals surface area contributed by atoms with Crippen LogP contribution in [-0.4, -0.2) is 50.1 Å². The molecule has 0 fully saturated rings. The standard InChI is InChI=1S/C10H13N5O3/c16-6-8(17)5-11-7-1-3-9(4-2-7)18-10-12-14-15-13-10/h1-4,8,11,16-17H,5-6H2,(H,12,13,14,15). The summed E-state index contributed by atoms with van der Waals surface area (Å²) in [5.41, 5.74) is 0.808. The van der Waals surface area contributed by atoms with Crippen LogP contribution in [0.15, 0.2) is 24.3 Å². The number of aromatic amines is 1. The van der Waals surface area contributed by atoms with Crippen molar-refractivity contribution >= 4 is 5.69 Å². The Kier molecular flexibility index (Phi) is 4.05. The minimum absolute atomic E-state index is 0.145. The number of nitrogens with zero attached hydrogens (tertiary/aromatic N) is 3. The Morgan fingerprint density at radius 3 is 2.72 bits per heavy atom. The SMILES string of the molecule is OCC(O)CNc1ccc(Oc2nn[nH]n2)cc1. The number of nitrogens with one attached hydrogen (secondary N) is 2. The number of H-pyrrole nitrogens is 1. The van der Waals surface area contributed by atoms with Gasteiger partial charge in [-0.15, -0.1) is 0 Å². The Hall–Kier alpha value is -2.19. The normalized spacial score (nSPS) is 12.1. The number of aromatic nitrogens is 4. The summed E-state index contributed by atoms with van der Waals surface area (Å²) < 4.78 is 5.29. The number of tetrazole rings is 1. The zero-order valence-electron chi connectivity index (χ0n) is 9.45. The van der Waals surface area contributed by atoms with Gasteiger partial charge in [-0.3, -0.25) is 0 Å². The number of hydrogen-bond donors (Lipinski definition) is 4. The molecule has 18 heavy (non-hydrogen) atoms. The summed E-state index contributed by atoms with van der Waals surface area (Å²) in [6, 6.07) is 7.15. The summed E-state index contributed by atoms with van der Waals surface area (Å²) in [7, 11) is 0. The Labute approximate surface area is 103 Å². The third-order valence-electron chi connectivity index (χ3n) is 2.14. The minimum Gasteiger partial charge on any atom is -0.422 e. The van der Waals surface area contributed by atoms with Crippen LogP contribution in [-0.2, 0) is 0 Å². The molecule has 0 amide bonds. The van der Waals surface area contributed by atoms with E-state index < -0.39 is 6.10 Å². The molecule has 0 radical (unpaired) electrons. The van der Waals surface area contributed by atoms with Crippen LogP contribution in [0, 0.1) is 0 Å². The van der Waals surface area contributed by atoms with Crippen LogP contribution < -0.4 is 10.1 Å². The smallest absolute Gasteiger partial charge is 0.361 e. The Bertz CT molecular complexity index is 459. The number of benzene rings is 1. The molecule has 0 aliphatic rings. The van der Waals surface area contributed by atoms with E-state index in [-0.39, 0.29) is 19.2 Å². The molecule has 0 aliphatic heterocycles. The third-order valence-corrected chi connectivity index (χ3v) is 2.14. The molecule has 0 bridgehead atoms. The second kappa shape index (κ2) is 5.94. The van der Waals surface area contributed by atoms with Gasteiger partial charge < -0.3 is 20.3 Å². The highest BCUT2D eigenvalue weighted by atomic mass is 16.5. The lowest BCUT2D eigenvalue weighted by Gasteiger charge is -2.10. The molecule has 8 nitrogen and oxygen atoms in total. The van der Waals surface area contributed by atoms with E-state index in [1.807, 2.05) is 0 Å². The van der Waals surface area contributed by atoms with Crippen molar-refractivity contribution in [3.8, 4) is 11.8 Å². The van der Waals surface area contributed by atoms with Crippen LogP contribution in [0.2, 0.25) is 0 Å². The molecule has 0 saturated heterocycles. The van der Waals surface area contributed by atoms with Gasteiger partial charge in [0.2, 0.25) is 0 Å².